The van der Waals surface area contributed by atoms with E-state index in [1.807, 2.05) is 58.9 Å². The Morgan fingerprint density at radius 3 is 1.91 bits per heavy atom. The monoisotopic (exact) mass is 734 g/mol. The van der Waals surface area contributed by atoms with Crippen LogP contribution in [0.25, 0.3) is 38.8 Å². The van der Waals surface area contributed by atoms with Gasteiger partial charge in [0.2, 0.25) is 0 Å². The number of hydrogen-bond donors (Lipinski definition) is 4. The van der Waals surface area contributed by atoms with E-state index in [2.05, 4.69) is 16.5 Å². The highest BCUT2D eigenvalue weighted by atomic mass is 16.5. The lowest BCUT2D eigenvalue weighted by atomic mass is 9.81. The summed E-state index contributed by atoms with van der Waals surface area (Å²) in [5.41, 5.74) is 10.8. The van der Waals surface area contributed by atoms with Crippen LogP contribution in [0.15, 0.2) is 54.6 Å². The molecule has 3 aromatic heterocycles. The normalized spacial score (nSPS) is 14.7. The van der Waals surface area contributed by atoms with Crippen molar-refractivity contribution in [2.45, 2.75) is 72.1 Å². The summed E-state index contributed by atoms with van der Waals surface area (Å²) in [6.45, 7) is 13.2. The lowest BCUT2D eigenvalue weighted by Gasteiger charge is -2.20. The molecule has 0 aliphatic carbocycles. The van der Waals surface area contributed by atoms with Gasteiger partial charge in [-0.05, 0) is 91.3 Å². The van der Waals surface area contributed by atoms with Crippen LogP contribution in [0.2, 0.25) is 0 Å². The minimum atomic E-state index is -1.26. The molecule has 54 heavy (non-hydrogen) atoms. The minimum absolute atomic E-state index is 0.158. The third-order valence-corrected chi connectivity index (χ3v) is 10.3. The summed E-state index contributed by atoms with van der Waals surface area (Å²) in [5.74, 6) is -2.54. The van der Waals surface area contributed by atoms with Crippen LogP contribution < -0.4 is 0 Å². The molecule has 282 valence electrons. The number of aliphatic hydroxyl groups is 1. The van der Waals surface area contributed by atoms with Gasteiger partial charge < -0.3 is 29.7 Å². The van der Waals surface area contributed by atoms with E-state index in [0.717, 1.165) is 55.5 Å². The summed E-state index contributed by atoms with van der Waals surface area (Å²) < 4.78 is 9.92. The number of nitrogens with zero attached hydrogens (tertiary/aromatic N) is 2. The van der Waals surface area contributed by atoms with E-state index >= 15 is 0 Å². The number of esters is 2. The summed E-state index contributed by atoms with van der Waals surface area (Å²) in [7, 11) is 2.73. The molecule has 0 saturated carbocycles. The number of ketones is 1. The van der Waals surface area contributed by atoms with Crippen molar-refractivity contribution in [3.8, 4) is 0 Å². The average Bonchev–Trinajstić information content (AvgIpc) is 3.78. The highest BCUT2D eigenvalue weighted by Gasteiger charge is 2.34. The maximum atomic E-state index is 12.3. The average molecular weight is 735 g/mol. The molecule has 0 amide bonds. The number of Topliss-reactive ketones (excluding diaryl/α,β-unsaturated/α-hetero) is 1. The quantitative estimate of drug-likeness (QED) is 0.117. The Labute approximate surface area is 313 Å². The summed E-state index contributed by atoms with van der Waals surface area (Å²) in [6.07, 6.45) is 5.54. The number of aliphatic hydroxyl groups excluding tert-OH is 1. The van der Waals surface area contributed by atoms with Gasteiger partial charge in [-0.25, -0.2) is 9.78 Å². The molecule has 2 aliphatic rings. The van der Waals surface area contributed by atoms with Crippen LogP contribution in [-0.2, 0) is 46.9 Å². The Bertz CT molecular complexity index is 2330. The summed E-state index contributed by atoms with van der Waals surface area (Å²) in [5, 5.41) is 19.2. The SMILES string of the molecule is C=CC1=C(C)c2cc3nc(cc4[nH]c(cc5[nH]c(cc1n2)c(C)c5CCC(=O)OC)c(CCC(=O)OC)c4C)C(C)(C)/C3=C\C=C(/CC(=O)CO)C(=O)O. The van der Waals surface area contributed by atoms with E-state index in [9.17, 15) is 29.4 Å². The molecule has 0 saturated heterocycles. The molecule has 0 unspecified atom stereocenters. The molecule has 5 heterocycles. The number of aromatic amines is 2. The Kier molecular flexibility index (Phi) is 11.7. The van der Waals surface area contributed by atoms with Crippen molar-refractivity contribution >= 4 is 62.5 Å². The second-order valence-corrected chi connectivity index (χ2v) is 13.9. The number of carbonyl (C=O) groups excluding carboxylic acids is 3. The van der Waals surface area contributed by atoms with Crippen molar-refractivity contribution in [1.29, 1.82) is 0 Å². The van der Waals surface area contributed by atoms with Crippen LogP contribution in [0, 0.1) is 13.8 Å². The second-order valence-electron chi connectivity index (χ2n) is 13.9. The molecule has 5 rings (SSSR count). The first-order valence-corrected chi connectivity index (χ1v) is 17.6. The van der Waals surface area contributed by atoms with E-state index in [0.29, 0.717) is 41.2 Å². The van der Waals surface area contributed by atoms with Crippen LogP contribution in [-0.4, -0.2) is 74.7 Å². The molecule has 0 atom stereocenters. The van der Waals surface area contributed by atoms with Crippen LogP contribution in [0.3, 0.4) is 0 Å². The fourth-order valence-electron chi connectivity index (χ4n) is 6.92. The van der Waals surface area contributed by atoms with Gasteiger partial charge in [0.25, 0.3) is 0 Å². The van der Waals surface area contributed by atoms with Crippen molar-refractivity contribution in [1.82, 2.24) is 19.9 Å². The van der Waals surface area contributed by atoms with Crippen molar-refractivity contribution in [3.63, 3.8) is 0 Å². The fraction of sp³-hybridized carbons (Fsp3) is 0.333. The number of methoxy groups -OCH3 is 2. The van der Waals surface area contributed by atoms with E-state index in [4.69, 9.17) is 19.4 Å². The van der Waals surface area contributed by atoms with Gasteiger partial charge in [0, 0.05) is 57.9 Å². The first-order valence-electron chi connectivity index (χ1n) is 17.6. The zero-order valence-corrected chi connectivity index (χ0v) is 31.7. The van der Waals surface area contributed by atoms with E-state index in [-0.39, 0.29) is 30.4 Å². The number of carboxylic acids is 1. The molecule has 0 aromatic carbocycles. The summed E-state index contributed by atoms with van der Waals surface area (Å²) in [4.78, 5) is 66.0. The second kappa shape index (κ2) is 16.0. The molecular weight excluding hydrogens is 688 g/mol. The van der Waals surface area contributed by atoms with Crippen molar-refractivity contribution in [2.24, 2.45) is 0 Å². The molecule has 0 fully saturated rings. The molecule has 3 aromatic rings. The number of aryl methyl sites for hydroxylation is 4. The van der Waals surface area contributed by atoms with Gasteiger partial charge in [0.1, 0.15) is 6.61 Å². The van der Waals surface area contributed by atoms with Crippen LogP contribution in [0.5, 0.6) is 0 Å². The molecule has 0 spiro atoms. The molecule has 2 aliphatic heterocycles. The number of rotatable bonds is 12. The first-order chi connectivity index (χ1) is 25.6. The minimum Gasteiger partial charge on any atom is -0.478 e. The van der Waals surface area contributed by atoms with Crippen LogP contribution in [0.4, 0.5) is 0 Å². The fourth-order valence-corrected chi connectivity index (χ4v) is 6.92. The number of nitrogens with one attached hydrogen (secondary N) is 2. The Morgan fingerprint density at radius 1 is 0.815 bits per heavy atom. The Morgan fingerprint density at radius 2 is 1.39 bits per heavy atom. The molecule has 12 heteroatoms. The van der Waals surface area contributed by atoms with Gasteiger partial charge in [0.05, 0.1) is 37.0 Å². The van der Waals surface area contributed by atoms with E-state index in [1.165, 1.54) is 20.3 Å². The highest BCUT2D eigenvalue weighted by molar-refractivity contribution is 5.98. The van der Waals surface area contributed by atoms with Gasteiger partial charge >= 0.3 is 17.9 Å². The van der Waals surface area contributed by atoms with Crippen LogP contribution >= 0.6 is 0 Å². The number of allylic oxidation sites excluding steroid dienone is 6. The van der Waals surface area contributed by atoms with Gasteiger partial charge in [-0.3, -0.25) is 19.4 Å². The Hall–Kier alpha value is -5.88. The number of hydrogen-bond acceptors (Lipinski definition) is 9. The molecule has 12 nitrogen and oxygen atoms in total. The summed E-state index contributed by atoms with van der Waals surface area (Å²) >= 11 is 0. The van der Waals surface area contributed by atoms with Gasteiger partial charge in [0.15, 0.2) is 5.78 Å². The third kappa shape index (κ3) is 7.89. The smallest absolute Gasteiger partial charge is 0.332 e. The number of aromatic nitrogens is 4. The van der Waals surface area contributed by atoms with Gasteiger partial charge in [-0.15, -0.1) is 0 Å². The standard InChI is InChI=1S/C42H46N4O8/c1-9-27-22(2)32-18-37-30(13-10-25(41(51)52)16-26(48)21-47)42(5,6)38(46-37)20-33-24(4)29(12-15-40(50)54-8)36(45-33)19-35-28(11-14-39(49)53-7)23(3)31(44-35)17-34(27)43-32/h9-10,13,17-20,44-45,47H,1,11-12,14-16,21H2,2-8H3,(H,51,52)/b25-10+,30-13-,31-17?,32-18?,33-20?,34-17?,35-19?,36-19?,37-18?,38-20?. The van der Waals surface area contributed by atoms with E-state index in [1.54, 1.807) is 12.2 Å². The lowest BCUT2D eigenvalue weighted by molar-refractivity contribution is -0.141. The molecular formula is C42H46N4O8. The number of H-pyrrole nitrogens is 2. The Balaban J connectivity index is 1.91. The number of carbonyl (C=O) groups is 4. The zero-order chi connectivity index (χ0) is 39.5. The van der Waals surface area contributed by atoms with Crippen molar-refractivity contribution in [2.75, 3.05) is 20.8 Å². The summed E-state index contributed by atoms with van der Waals surface area (Å²) in [6, 6.07) is 7.76. The molecule has 8 bridgehead atoms. The largest absolute Gasteiger partial charge is 0.478 e. The maximum Gasteiger partial charge on any atom is 0.332 e. The maximum absolute atomic E-state index is 12.3. The number of carboxylic acid groups (broad SMARTS) is 1. The van der Waals surface area contributed by atoms with Crippen molar-refractivity contribution < 1.29 is 38.9 Å². The topological polar surface area (TPSA) is 185 Å². The number of fused-ring (bicyclic) bond motifs is 8. The van der Waals surface area contributed by atoms with Crippen LogP contribution in [0.1, 0.15) is 85.1 Å². The molecule has 0 radical (unpaired) electrons. The third-order valence-electron chi connectivity index (χ3n) is 10.3. The molecule has 4 N–H and O–H groups in total. The van der Waals surface area contributed by atoms with Gasteiger partial charge in [-0.1, -0.05) is 38.7 Å². The highest BCUT2D eigenvalue weighted by Crippen LogP contribution is 2.43. The van der Waals surface area contributed by atoms with Gasteiger partial charge in [-0.2, -0.15) is 0 Å². The predicted octanol–water partition coefficient (Wildman–Crippen LogP) is 6.58. The first kappa shape index (κ1) is 39.3. The zero-order valence-electron chi connectivity index (χ0n) is 31.7. The van der Waals surface area contributed by atoms with Crippen molar-refractivity contribution in [3.05, 3.63) is 99.7 Å². The number of aliphatic carboxylic acids is 1. The lowest BCUT2D eigenvalue weighted by Crippen LogP contribution is -2.15. The van der Waals surface area contributed by atoms with E-state index < -0.39 is 30.2 Å². The predicted molar refractivity (Wildman–Crippen MR) is 207 cm³/mol. The number of ether oxygens (including phenoxy) is 2.